The molecule has 0 aromatic carbocycles. The van der Waals surface area contributed by atoms with Gasteiger partial charge in [0.1, 0.15) is 0 Å². The van der Waals surface area contributed by atoms with Crippen molar-refractivity contribution < 1.29 is 4.79 Å². The SMILES string of the molecule is NC(=O)N1CCC1N. The first kappa shape index (κ1) is 5.37. The molecule has 1 fully saturated rings. The number of nitrogens with zero attached hydrogens (tertiary/aromatic N) is 1. The van der Waals surface area contributed by atoms with Gasteiger partial charge in [-0.2, -0.15) is 0 Å². The fourth-order valence-corrected chi connectivity index (χ4v) is 0.681. The summed E-state index contributed by atoms with van der Waals surface area (Å²) in [4.78, 5) is 11.7. The number of carbonyl (C=O) groups is 1. The van der Waals surface area contributed by atoms with Crippen molar-refractivity contribution in [3.63, 3.8) is 0 Å². The molecule has 4 nitrogen and oxygen atoms in total. The third-order valence-corrected chi connectivity index (χ3v) is 1.35. The van der Waals surface area contributed by atoms with Gasteiger partial charge in [0, 0.05) is 6.54 Å². The van der Waals surface area contributed by atoms with Crippen LogP contribution in [0.4, 0.5) is 4.79 Å². The molecule has 1 aliphatic rings. The van der Waals surface area contributed by atoms with Crippen LogP contribution in [-0.4, -0.2) is 23.6 Å². The van der Waals surface area contributed by atoms with Crippen molar-refractivity contribution in [1.29, 1.82) is 0 Å². The minimum absolute atomic E-state index is 0.118. The maximum Gasteiger partial charge on any atom is 0.316 e. The number of hydrogen-bond acceptors (Lipinski definition) is 2. The highest BCUT2D eigenvalue weighted by molar-refractivity contribution is 5.73. The molecule has 2 amide bonds. The first-order valence-electron chi connectivity index (χ1n) is 2.53. The highest BCUT2D eigenvalue weighted by atomic mass is 16.2. The normalized spacial score (nSPS) is 27.1. The van der Waals surface area contributed by atoms with E-state index >= 15 is 0 Å². The highest BCUT2D eigenvalue weighted by Gasteiger charge is 2.26. The monoisotopic (exact) mass is 115 g/mol. The summed E-state index contributed by atoms with van der Waals surface area (Å²) in [6.45, 7) is 0.719. The largest absolute Gasteiger partial charge is 0.351 e. The van der Waals surface area contributed by atoms with Crippen LogP contribution < -0.4 is 11.5 Å². The lowest BCUT2D eigenvalue weighted by Crippen LogP contribution is -2.57. The summed E-state index contributed by atoms with van der Waals surface area (Å²) in [7, 11) is 0. The fraction of sp³-hybridized carbons (Fsp3) is 0.750. The van der Waals surface area contributed by atoms with Crippen LogP contribution in [0.15, 0.2) is 0 Å². The van der Waals surface area contributed by atoms with E-state index in [0.717, 1.165) is 13.0 Å². The lowest BCUT2D eigenvalue weighted by Gasteiger charge is -2.36. The Hall–Kier alpha value is -0.770. The van der Waals surface area contributed by atoms with Gasteiger partial charge in [-0.05, 0) is 6.42 Å². The van der Waals surface area contributed by atoms with Gasteiger partial charge in [0.05, 0.1) is 6.17 Å². The zero-order valence-electron chi connectivity index (χ0n) is 4.50. The molecule has 0 bridgehead atoms. The Morgan fingerprint density at radius 1 is 1.75 bits per heavy atom. The molecule has 0 aliphatic carbocycles. The molecule has 1 rings (SSSR count). The molecule has 46 valence electrons. The lowest BCUT2D eigenvalue weighted by molar-refractivity contribution is 0.126. The number of primary amides is 1. The summed E-state index contributed by atoms with van der Waals surface area (Å²) >= 11 is 0. The molecule has 0 aromatic heterocycles. The van der Waals surface area contributed by atoms with E-state index < -0.39 is 6.03 Å². The second-order valence-electron chi connectivity index (χ2n) is 1.89. The lowest BCUT2D eigenvalue weighted by atomic mass is 10.2. The van der Waals surface area contributed by atoms with Gasteiger partial charge in [-0.3, -0.25) is 0 Å². The fourth-order valence-electron chi connectivity index (χ4n) is 0.681. The Morgan fingerprint density at radius 2 is 2.38 bits per heavy atom. The van der Waals surface area contributed by atoms with Crippen LogP contribution >= 0.6 is 0 Å². The third-order valence-electron chi connectivity index (χ3n) is 1.35. The number of amides is 2. The quantitative estimate of drug-likeness (QED) is 0.427. The molecule has 1 aliphatic heterocycles. The van der Waals surface area contributed by atoms with Crippen molar-refractivity contribution in [2.45, 2.75) is 12.6 Å². The summed E-state index contributed by atoms with van der Waals surface area (Å²) in [6, 6.07) is -0.413. The van der Waals surface area contributed by atoms with E-state index in [1.54, 1.807) is 0 Å². The summed E-state index contributed by atoms with van der Waals surface area (Å²) < 4.78 is 0. The smallest absolute Gasteiger partial charge is 0.316 e. The number of hydrogen-bond donors (Lipinski definition) is 2. The van der Waals surface area contributed by atoms with Gasteiger partial charge in [-0.1, -0.05) is 0 Å². The molecule has 0 saturated carbocycles. The Labute approximate surface area is 47.4 Å². The molecule has 1 saturated heterocycles. The van der Waals surface area contributed by atoms with Gasteiger partial charge in [0.15, 0.2) is 0 Å². The standard InChI is InChI=1S/C4H9N3O/c5-3-1-2-7(3)4(6)8/h3H,1-2,5H2,(H2,6,8). The van der Waals surface area contributed by atoms with E-state index in [2.05, 4.69) is 0 Å². The average Bonchev–Trinajstić information content (AvgIpc) is 1.61. The van der Waals surface area contributed by atoms with Gasteiger partial charge in [-0.15, -0.1) is 0 Å². The molecule has 8 heavy (non-hydrogen) atoms. The van der Waals surface area contributed by atoms with Crippen molar-refractivity contribution in [2.75, 3.05) is 6.54 Å². The van der Waals surface area contributed by atoms with E-state index in [4.69, 9.17) is 11.5 Å². The van der Waals surface area contributed by atoms with Crippen molar-refractivity contribution in [2.24, 2.45) is 11.5 Å². The van der Waals surface area contributed by atoms with Crippen LogP contribution in [0.5, 0.6) is 0 Å². The average molecular weight is 115 g/mol. The van der Waals surface area contributed by atoms with Crippen molar-refractivity contribution in [3.8, 4) is 0 Å². The van der Waals surface area contributed by atoms with Crippen molar-refractivity contribution in [1.82, 2.24) is 4.90 Å². The van der Waals surface area contributed by atoms with Gasteiger partial charge in [-0.25, -0.2) is 4.79 Å². The highest BCUT2D eigenvalue weighted by Crippen LogP contribution is 2.09. The molecule has 1 heterocycles. The molecule has 4 heteroatoms. The Bertz CT molecular complexity index is 114. The van der Waals surface area contributed by atoms with Crippen LogP contribution in [0.3, 0.4) is 0 Å². The van der Waals surface area contributed by atoms with Crippen LogP contribution in [0, 0.1) is 0 Å². The second kappa shape index (κ2) is 1.63. The number of urea groups is 1. The molecule has 0 spiro atoms. The summed E-state index contributed by atoms with van der Waals surface area (Å²) in [6.07, 6.45) is 0.760. The van der Waals surface area contributed by atoms with E-state index in [1.165, 1.54) is 4.90 Å². The van der Waals surface area contributed by atoms with Gasteiger partial charge in [0.25, 0.3) is 0 Å². The van der Waals surface area contributed by atoms with E-state index in [1.807, 2.05) is 0 Å². The Kier molecular flexibility index (Phi) is 1.09. The van der Waals surface area contributed by atoms with Gasteiger partial charge < -0.3 is 16.4 Å². The van der Waals surface area contributed by atoms with Crippen LogP contribution in [-0.2, 0) is 0 Å². The van der Waals surface area contributed by atoms with Crippen molar-refractivity contribution in [3.05, 3.63) is 0 Å². The third kappa shape index (κ3) is 0.626. The summed E-state index contributed by atoms with van der Waals surface area (Å²) in [5.41, 5.74) is 10.2. The van der Waals surface area contributed by atoms with Gasteiger partial charge in [0.2, 0.25) is 0 Å². The Morgan fingerprint density at radius 3 is 2.38 bits per heavy atom. The number of carbonyl (C=O) groups excluding carboxylic acids is 1. The molecule has 1 atom stereocenters. The van der Waals surface area contributed by atoms with Crippen molar-refractivity contribution >= 4 is 6.03 Å². The van der Waals surface area contributed by atoms with Crippen LogP contribution in [0.1, 0.15) is 6.42 Å². The molecular formula is C4H9N3O. The maximum atomic E-state index is 10.3. The predicted molar refractivity (Wildman–Crippen MR) is 28.9 cm³/mol. The van der Waals surface area contributed by atoms with E-state index in [9.17, 15) is 4.79 Å². The zero-order chi connectivity index (χ0) is 6.15. The minimum atomic E-state index is -0.413. The Balaban J connectivity index is 2.37. The first-order chi connectivity index (χ1) is 3.72. The summed E-state index contributed by atoms with van der Waals surface area (Å²) in [5, 5.41) is 0. The van der Waals surface area contributed by atoms with Gasteiger partial charge >= 0.3 is 6.03 Å². The molecule has 0 radical (unpaired) electrons. The van der Waals surface area contributed by atoms with Crippen LogP contribution in [0.2, 0.25) is 0 Å². The molecule has 1 unspecified atom stereocenters. The zero-order valence-corrected chi connectivity index (χ0v) is 4.50. The predicted octanol–water partition coefficient (Wildman–Crippen LogP) is -0.944. The maximum absolute atomic E-state index is 10.3. The van der Waals surface area contributed by atoms with E-state index in [-0.39, 0.29) is 6.17 Å². The number of nitrogens with two attached hydrogens (primary N) is 2. The summed E-state index contributed by atoms with van der Waals surface area (Å²) in [5.74, 6) is 0. The van der Waals surface area contributed by atoms with Crippen LogP contribution in [0.25, 0.3) is 0 Å². The second-order valence-corrected chi connectivity index (χ2v) is 1.89. The first-order valence-corrected chi connectivity index (χ1v) is 2.53. The molecule has 0 aromatic rings. The molecule has 4 N–H and O–H groups in total. The minimum Gasteiger partial charge on any atom is -0.351 e. The van der Waals surface area contributed by atoms with E-state index in [0.29, 0.717) is 0 Å². The molecular weight excluding hydrogens is 106 g/mol. The number of rotatable bonds is 0. The number of likely N-dealkylation sites (tertiary alicyclic amines) is 1. The topological polar surface area (TPSA) is 72.4 Å².